The van der Waals surface area contributed by atoms with E-state index in [1.165, 1.54) is 18.2 Å². The maximum absolute atomic E-state index is 13.0. The van der Waals surface area contributed by atoms with Crippen molar-refractivity contribution in [3.05, 3.63) is 82.8 Å². The van der Waals surface area contributed by atoms with E-state index in [0.717, 1.165) is 34.0 Å². The number of hydrazone groups is 1. The van der Waals surface area contributed by atoms with E-state index in [1.807, 2.05) is 0 Å². The fraction of sp³-hybridized carbons (Fsp3) is 0.115. The molecule has 45 heavy (non-hydrogen) atoms. The normalized spacial score (nSPS) is 15.8. The Hall–Kier alpha value is -5.37. The number of aromatic nitrogens is 2. The van der Waals surface area contributed by atoms with Gasteiger partial charge in [-0.1, -0.05) is 0 Å². The molecule has 4 aromatic rings. The number of carbonyl (C=O) groups excluding carboxylic acids is 1. The molecule has 0 spiro atoms. The van der Waals surface area contributed by atoms with Crippen molar-refractivity contribution in [1.29, 1.82) is 0 Å². The van der Waals surface area contributed by atoms with Crippen LogP contribution >= 0.6 is 0 Å². The second kappa shape index (κ2) is 11.6. The Morgan fingerprint density at radius 2 is 1.49 bits per heavy atom. The van der Waals surface area contributed by atoms with Gasteiger partial charge in [-0.25, -0.2) is 18.2 Å². The molecule has 3 aromatic carbocycles. The first kappa shape index (κ1) is 31.1. The van der Waals surface area contributed by atoms with Gasteiger partial charge >= 0.3 is 0 Å². The molecule has 1 amide bonds. The third-order valence-electron chi connectivity index (χ3n) is 6.45. The van der Waals surface area contributed by atoms with E-state index in [9.17, 15) is 31.5 Å². The Bertz CT molecular complexity index is 2190. The average Bonchev–Trinajstić information content (AvgIpc) is 3.43. The van der Waals surface area contributed by atoms with Gasteiger partial charge in [0.2, 0.25) is 10.0 Å². The Labute approximate surface area is 254 Å². The van der Waals surface area contributed by atoms with Crippen molar-refractivity contribution in [1.82, 2.24) is 9.78 Å². The molecule has 0 radical (unpaired) electrons. The number of hydrogen-bond donors (Lipinski definition) is 4. The first-order chi connectivity index (χ1) is 21.1. The molecule has 1 aliphatic rings. The average molecular weight is 654 g/mol. The number of amides is 1. The Kier molecular flexibility index (Phi) is 8.02. The van der Waals surface area contributed by atoms with Gasteiger partial charge in [0, 0.05) is 6.07 Å². The number of phenols is 1. The minimum Gasteiger partial charge on any atom is -0.506 e. The molecular formula is C26H23N9O8S2. The van der Waals surface area contributed by atoms with Gasteiger partial charge in [0.1, 0.15) is 11.4 Å². The number of carbonyl (C=O) groups is 1. The van der Waals surface area contributed by atoms with Crippen LogP contribution in [0.5, 0.6) is 5.75 Å². The van der Waals surface area contributed by atoms with E-state index in [1.54, 1.807) is 38.1 Å². The number of hydrogen-bond acceptors (Lipinski definition) is 12. The van der Waals surface area contributed by atoms with Crippen LogP contribution in [0.2, 0.25) is 0 Å². The van der Waals surface area contributed by atoms with Gasteiger partial charge < -0.3 is 5.11 Å². The van der Waals surface area contributed by atoms with Crippen molar-refractivity contribution in [2.45, 2.75) is 29.7 Å². The van der Waals surface area contributed by atoms with E-state index in [-0.39, 0.29) is 21.2 Å². The van der Waals surface area contributed by atoms with Crippen molar-refractivity contribution in [3.63, 3.8) is 0 Å². The molecule has 17 nitrogen and oxygen atoms in total. The molecule has 1 aromatic heterocycles. The van der Waals surface area contributed by atoms with Crippen molar-refractivity contribution >= 4 is 54.5 Å². The summed E-state index contributed by atoms with van der Waals surface area (Å²) in [4.78, 5) is 25.3. The standard InChI is InChI=1S/C26H23N9O8S2/c1-14-23(25(37)35(32-14)18-7-9-19(10-8-18)45(41,42)43)30-28-16-3-5-17(6-4-16)34-26(38)24(15(2)33-34)31-29-21-12-11-20(13-22(21)36)44(27,39)40/h3-13,24,32,36H,1-2H3,(H2,27,39,40)(H,41,42,43). The number of H-pyrrole nitrogens is 1. The molecule has 2 heterocycles. The quantitative estimate of drug-likeness (QED) is 0.161. The number of anilines is 1. The van der Waals surface area contributed by atoms with Crippen LogP contribution in [0.25, 0.3) is 5.69 Å². The number of benzene rings is 3. The zero-order valence-electron chi connectivity index (χ0n) is 23.3. The number of rotatable bonds is 8. The number of aryl methyl sites for hydroxylation is 1. The molecule has 0 aliphatic carbocycles. The molecule has 232 valence electrons. The first-order valence-corrected chi connectivity index (χ1v) is 15.7. The topological polar surface area (TPSA) is 255 Å². The molecule has 1 aliphatic heterocycles. The molecule has 0 bridgehead atoms. The number of sulfonamides is 1. The number of phenolic OH excluding ortho intramolecular Hbond substituents is 1. The zero-order chi connectivity index (χ0) is 32.7. The highest BCUT2D eigenvalue weighted by atomic mass is 32.2. The van der Waals surface area contributed by atoms with Crippen molar-refractivity contribution in [3.8, 4) is 11.4 Å². The smallest absolute Gasteiger partial charge is 0.299 e. The lowest BCUT2D eigenvalue weighted by atomic mass is 10.2. The van der Waals surface area contributed by atoms with Crippen molar-refractivity contribution < 1.29 is 31.3 Å². The second-order valence-electron chi connectivity index (χ2n) is 9.62. The van der Waals surface area contributed by atoms with Crippen LogP contribution in [0.4, 0.5) is 22.7 Å². The van der Waals surface area contributed by atoms with Gasteiger partial charge in [-0.3, -0.25) is 19.2 Å². The number of nitrogens with zero attached hydrogens (tertiary/aromatic N) is 7. The van der Waals surface area contributed by atoms with Gasteiger partial charge in [0.15, 0.2) is 11.7 Å². The number of aromatic hydroxyl groups is 1. The molecule has 0 saturated carbocycles. The lowest BCUT2D eigenvalue weighted by molar-refractivity contribution is -0.117. The van der Waals surface area contributed by atoms with Crippen molar-refractivity contribution in [2.24, 2.45) is 30.7 Å². The van der Waals surface area contributed by atoms with Crippen LogP contribution in [0.1, 0.15) is 12.6 Å². The molecule has 5 N–H and O–H groups in total. The lowest BCUT2D eigenvalue weighted by Crippen LogP contribution is -2.29. The molecule has 0 fully saturated rings. The SMILES string of the molecule is CC1=NN(c2ccc(N=Nc3c(C)[nH]n(-c4ccc(S(=O)(=O)O)cc4)c3=O)cc2)C(=O)C1N=Nc1ccc(S(N)(=O)=O)cc1O. The maximum Gasteiger partial charge on any atom is 0.299 e. The molecule has 5 rings (SSSR count). The van der Waals surface area contributed by atoms with Crippen LogP contribution in [0, 0.1) is 6.92 Å². The highest BCUT2D eigenvalue weighted by molar-refractivity contribution is 7.89. The molecule has 19 heteroatoms. The largest absolute Gasteiger partial charge is 0.506 e. The van der Waals surface area contributed by atoms with Crippen LogP contribution in [-0.4, -0.2) is 53.9 Å². The first-order valence-electron chi connectivity index (χ1n) is 12.7. The predicted molar refractivity (Wildman–Crippen MR) is 160 cm³/mol. The molecule has 1 unspecified atom stereocenters. The van der Waals surface area contributed by atoms with E-state index in [2.05, 4.69) is 30.7 Å². The van der Waals surface area contributed by atoms with Crippen LogP contribution in [0.15, 0.2) is 107 Å². The summed E-state index contributed by atoms with van der Waals surface area (Å²) in [6, 6.07) is 13.4. The Balaban J connectivity index is 1.29. The number of aromatic amines is 1. The summed E-state index contributed by atoms with van der Waals surface area (Å²) in [5.74, 6) is -1.02. The highest BCUT2D eigenvalue weighted by Gasteiger charge is 2.34. The molecular weight excluding hydrogens is 630 g/mol. The van der Waals surface area contributed by atoms with Crippen LogP contribution in [-0.2, 0) is 24.9 Å². The monoisotopic (exact) mass is 653 g/mol. The number of nitrogens with two attached hydrogens (primary N) is 1. The molecule has 0 saturated heterocycles. The van der Waals surface area contributed by atoms with E-state index in [4.69, 9.17) is 9.69 Å². The second-order valence-corrected chi connectivity index (χ2v) is 12.6. The highest BCUT2D eigenvalue weighted by Crippen LogP contribution is 2.31. The van der Waals surface area contributed by atoms with Gasteiger partial charge in [0.25, 0.3) is 21.6 Å². The van der Waals surface area contributed by atoms with Gasteiger partial charge in [-0.05, 0) is 74.5 Å². The van der Waals surface area contributed by atoms with Gasteiger partial charge in [0.05, 0.1) is 38.3 Å². The number of nitrogens with one attached hydrogen (secondary N) is 1. The fourth-order valence-electron chi connectivity index (χ4n) is 4.13. The minimum atomic E-state index is -4.39. The maximum atomic E-state index is 13.0. The summed E-state index contributed by atoms with van der Waals surface area (Å²) in [5, 5.41) is 39.3. The predicted octanol–water partition coefficient (Wildman–Crippen LogP) is 3.36. The molecule has 1 atom stereocenters. The zero-order valence-corrected chi connectivity index (χ0v) is 24.9. The van der Waals surface area contributed by atoms with Crippen LogP contribution < -0.4 is 15.7 Å². The van der Waals surface area contributed by atoms with Crippen molar-refractivity contribution in [2.75, 3.05) is 5.01 Å². The summed E-state index contributed by atoms with van der Waals surface area (Å²) in [6.45, 7) is 3.18. The summed E-state index contributed by atoms with van der Waals surface area (Å²) in [6.07, 6.45) is 0. The summed E-state index contributed by atoms with van der Waals surface area (Å²) >= 11 is 0. The Morgan fingerprint density at radius 1 is 0.867 bits per heavy atom. The summed E-state index contributed by atoms with van der Waals surface area (Å²) < 4.78 is 55.8. The summed E-state index contributed by atoms with van der Waals surface area (Å²) in [5.41, 5.74) is 1.13. The summed E-state index contributed by atoms with van der Waals surface area (Å²) in [7, 11) is -8.42. The van der Waals surface area contributed by atoms with E-state index < -0.39 is 43.4 Å². The number of azo groups is 2. The Morgan fingerprint density at radius 3 is 2.09 bits per heavy atom. The lowest BCUT2D eigenvalue weighted by Gasteiger charge is -2.12. The third-order valence-corrected chi connectivity index (χ3v) is 8.22. The van der Waals surface area contributed by atoms with E-state index >= 15 is 0 Å². The van der Waals surface area contributed by atoms with Crippen LogP contribution in [0.3, 0.4) is 0 Å². The number of primary sulfonamides is 1. The minimum absolute atomic E-state index is 0.00594. The van der Waals surface area contributed by atoms with Gasteiger partial charge in [-0.2, -0.15) is 33.9 Å². The third kappa shape index (κ3) is 6.45. The fourth-order valence-corrected chi connectivity index (χ4v) is 5.15. The van der Waals surface area contributed by atoms with E-state index in [0.29, 0.717) is 28.5 Å². The van der Waals surface area contributed by atoms with Gasteiger partial charge in [-0.15, -0.1) is 5.11 Å².